The predicted octanol–water partition coefficient (Wildman–Crippen LogP) is 6.15. The Labute approximate surface area is 197 Å². The first-order valence-electron chi connectivity index (χ1n) is 11.6. The van der Waals surface area contributed by atoms with E-state index in [-0.39, 0.29) is 18.3 Å². The number of phenols is 1. The number of likely N-dealkylation sites (tertiary alicyclic amines) is 1. The second-order valence-corrected chi connectivity index (χ2v) is 8.88. The second-order valence-electron chi connectivity index (χ2n) is 8.88. The third-order valence-electron chi connectivity index (χ3n) is 6.93. The van der Waals surface area contributed by atoms with Gasteiger partial charge in [0.25, 0.3) is 0 Å². The first kappa shape index (κ1) is 22.7. The summed E-state index contributed by atoms with van der Waals surface area (Å²) in [6.07, 6.45) is 4.71. The number of aromatic hydroxyl groups is 1. The van der Waals surface area contributed by atoms with E-state index in [1.165, 1.54) is 48.2 Å². The molecule has 3 aromatic rings. The molecule has 1 N–H and O–H groups in total. The van der Waals surface area contributed by atoms with Crippen molar-refractivity contribution in [3.63, 3.8) is 0 Å². The highest BCUT2D eigenvalue weighted by Crippen LogP contribution is 2.47. The van der Waals surface area contributed by atoms with Gasteiger partial charge in [-0.15, -0.1) is 12.4 Å². The van der Waals surface area contributed by atoms with Gasteiger partial charge >= 0.3 is 0 Å². The molecule has 3 nitrogen and oxygen atoms in total. The van der Waals surface area contributed by atoms with Crippen LogP contribution in [0.3, 0.4) is 0 Å². The Hall–Kier alpha value is -2.49. The molecule has 1 aliphatic carbocycles. The molecule has 1 fully saturated rings. The van der Waals surface area contributed by atoms with Crippen LogP contribution in [-0.2, 0) is 6.42 Å². The minimum absolute atomic E-state index is 0. The molecule has 0 bridgehead atoms. The maximum Gasteiger partial charge on any atom is 0.119 e. The maximum atomic E-state index is 10.0. The summed E-state index contributed by atoms with van der Waals surface area (Å²) in [5, 5.41) is 10.0. The van der Waals surface area contributed by atoms with Gasteiger partial charge in [0.05, 0.1) is 0 Å². The molecule has 3 aromatic carbocycles. The Morgan fingerprint density at radius 3 is 2.38 bits per heavy atom. The molecule has 0 spiro atoms. The number of benzene rings is 3. The molecule has 5 rings (SSSR count). The lowest BCUT2D eigenvalue weighted by Gasteiger charge is -2.35. The third-order valence-corrected chi connectivity index (χ3v) is 6.93. The van der Waals surface area contributed by atoms with Crippen LogP contribution in [-0.4, -0.2) is 36.2 Å². The normalized spacial score (nSPS) is 20.4. The van der Waals surface area contributed by atoms with Gasteiger partial charge < -0.3 is 9.84 Å². The number of ether oxygens (including phenoxy) is 1. The van der Waals surface area contributed by atoms with Crippen molar-refractivity contribution in [3.8, 4) is 11.5 Å². The molecule has 2 aliphatic rings. The Bertz CT molecular complexity index is 1000. The van der Waals surface area contributed by atoms with Gasteiger partial charge in [-0.2, -0.15) is 0 Å². The first-order valence-corrected chi connectivity index (χ1v) is 11.6. The average Bonchev–Trinajstić information content (AvgIpc) is 3.33. The van der Waals surface area contributed by atoms with Crippen molar-refractivity contribution in [3.05, 3.63) is 95.1 Å². The Kier molecular flexibility index (Phi) is 7.39. The summed E-state index contributed by atoms with van der Waals surface area (Å²) in [5.74, 6) is 2.02. The quantitative estimate of drug-likeness (QED) is 0.489. The van der Waals surface area contributed by atoms with E-state index in [4.69, 9.17) is 4.74 Å². The zero-order valence-corrected chi connectivity index (χ0v) is 19.3. The summed E-state index contributed by atoms with van der Waals surface area (Å²) in [6, 6.07) is 25.4. The van der Waals surface area contributed by atoms with Crippen molar-refractivity contribution >= 4 is 12.4 Å². The molecule has 1 aliphatic heterocycles. The topological polar surface area (TPSA) is 32.7 Å². The smallest absolute Gasteiger partial charge is 0.119 e. The van der Waals surface area contributed by atoms with Gasteiger partial charge in [0.1, 0.15) is 18.1 Å². The fourth-order valence-corrected chi connectivity index (χ4v) is 5.35. The number of fused-ring (bicyclic) bond motifs is 1. The molecule has 32 heavy (non-hydrogen) atoms. The first-order chi connectivity index (χ1) is 15.3. The van der Waals surface area contributed by atoms with Gasteiger partial charge in [-0.25, -0.2) is 0 Å². The van der Waals surface area contributed by atoms with Crippen molar-refractivity contribution in [1.82, 2.24) is 4.90 Å². The Balaban J connectivity index is 0.00000245. The van der Waals surface area contributed by atoms with E-state index in [9.17, 15) is 5.11 Å². The summed E-state index contributed by atoms with van der Waals surface area (Å²) in [5.41, 5.74) is 5.30. The standard InChI is InChI=1S/C28H31NO2.ClH/c30-24-11-15-27-23(20-24)10-14-26(21-6-2-1-3-7-21)28(27)22-8-12-25(13-9-22)31-19-18-29-16-4-5-17-29;/h1-3,6-9,11-13,15,20,26,28,30H,4-5,10,14,16-19H2;1H. The van der Waals surface area contributed by atoms with Crippen LogP contribution in [0.2, 0.25) is 0 Å². The van der Waals surface area contributed by atoms with Gasteiger partial charge in [0, 0.05) is 12.5 Å². The third kappa shape index (κ3) is 4.95. The lowest BCUT2D eigenvalue weighted by molar-refractivity contribution is 0.237. The minimum Gasteiger partial charge on any atom is -0.508 e. The minimum atomic E-state index is 0. The van der Waals surface area contributed by atoms with E-state index in [1.807, 2.05) is 12.1 Å². The summed E-state index contributed by atoms with van der Waals surface area (Å²) in [7, 11) is 0. The lowest BCUT2D eigenvalue weighted by Crippen LogP contribution is -2.25. The average molecular weight is 450 g/mol. The zero-order valence-electron chi connectivity index (χ0n) is 18.5. The van der Waals surface area contributed by atoms with E-state index in [0.29, 0.717) is 11.7 Å². The largest absolute Gasteiger partial charge is 0.508 e. The number of aryl methyl sites for hydroxylation is 1. The second kappa shape index (κ2) is 10.4. The zero-order chi connectivity index (χ0) is 21.0. The Morgan fingerprint density at radius 1 is 0.875 bits per heavy atom. The van der Waals surface area contributed by atoms with Crippen LogP contribution in [0.15, 0.2) is 72.8 Å². The molecule has 2 atom stereocenters. The SMILES string of the molecule is Cl.Oc1ccc2c(c1)CCC(c1ccccc1)C2c1ccc(OCCN2CCCC2)cc1. The molecule has 4 heteroatoms. The number of halogens is 1. The van der Waals surface area contributed by atoms with Gasteiger partial charge in [0.15, 0.2) is 0 Å². The molecule has 2 unspecified atom stereocenters. The van der Waals surface area contributed by atoms with E-state index in [2.05, 4.69) is 65.6 Å². The number of nitrogens with zero attached hydrogens (tertiary/aromatic N) is 1. The van der Waals surface area contributed by atoms with Crippen molar-refractivity contribution < 1.29 is 9.84 Å². The molecule has 1 heterocycles. The molecule has 0 radical (unpaired) electrons. The fourth-order valence-electron chi connectivity index (χ4n) is 5.35. The van der Waals surface area contributed by atoms with Gasteiger partial charge in [-0.3, -0.25) is 4.90 Å². The van der Waals surface area contributed by atoms with E-state index in [0.717, 1.165) is 31.7 Å². The summed E-state index contributed by atoms with van der Waals surface area (Å²) in [6.45, 7) is 4.18. The molecule has 168 valence electrons. The van der Waals surface area contributed by atoms with E-state index in [1.54, 1.807) is 0 Å². The van der Waals surface area contributed by atoms with Crippen molar-refractivity contribution in [2.75, 3.05) is 26.2 Å². The highest BCUT2D eigenvalue weighted by atomic mass is 35.5. The molecular weight excluding hydrogens is 418 g/mol. The van der Waals surface area contributed by atoms with Gasteiger partial charge in [0.2, 0.25) is 0 Å². The highest BCUT2D eigenvalue weighted by Gasteiger charge is 2.32. The van der Waals surface area contributed by atoms with Crippen LogP contribution in [0.1, 0.15) is 53.4 Å². The van der Waals surface area contributed by atoms with Crippen LogP contribution in [0.4, 0.5) is 0 Å². The molecule has 0 saturated carbocycles. The van der Waals surface area contributed by atoms with Crippen LogP contribution in [0.25, 0.3) is 0 Å². The number of rotatable bonds is 6. The van der Waals surface area contributed by atoms with Crippen LogP contribution in [0.5, 0.6) is 11.5 Å². The van der Waals surface area contributed by atoms with Gasteiger partial charge in [-0.05, 0) is 91.2 Å². The molecule has 0 aromatic heterocycles. The molecular formula is C28H32ClNO2. The van der Waals surface area contributed by atoms with E-state index >= 15 is 0 Å². The lowest BCUT2D eigenvalue weighted by atomic mass is 9.69. The number of hydrogen-bond acceptors (Lipinski definition) is 3. The summed E-state index contributed by atoms with van der Waals surface area (Å²) in [4.78, 5) is 2.48. The van der Waals surface area contributed by atoms with Gasteiger partial charge in [-0.1, -0.05) is 48.5 Å². The van der Waals surface area contributed by atoms with Crippen molar-refractivity contribution in [2.45, 2.75) is 37.5 Å². The summed E-state index contributed by atoms with van der Waals surface area (Å²) >= 11 is 0. The highest BCUT2D eigenvalue weighted by molar-refractivity contribution is 5.85. The Morgan fingerprint density at radius 2 is 1.62 bits per heavy atom. The number of phenolic OH excluding ortho intramolecular Hbond substituents is 1. The fraction of sp³-hybridized carbons (Fsp3) is 0.357. The monoisotopic (exact) mass is 449 g/mol. The summed E-state index contributed by atoms with van der Waals surface area (Å²) < 4.78 is 6.03. The van der Waals surface area contributed by atoms with Crippen molar-refractivity contribution in [2.24, 2.45) is 0 Å². The molecule has 0 amide bonds. The molecule has 1 saturated heterocycles. The van der Waals surface area contributed by atoms with E-state index < -0.39 is 0 Å². The maximum absolute atomic E-state index is 10.0. The van der Waals surface area contributed by atoms with Crippen molar-refractivity contribution in [1.29, 1.82) is 0 Å². The number of hydrogen-bond donors (Lipinski definition) is 1. The predicted molar refractivity (Wildman–Crippen MR) is 132 cm³/mol. The van der Waals surface area contributed by atoms with Crippen LogP contribution in [0, 0.1) is 0 Å². The van der Waals surface area contributed by atoms with Crippen LogP contribution >= 0.6 is 12.4 Å². The van der Waals surface area contributed by atoms with Crippen LogP contribution < -0.4 is 4.74 Å².